The van der Waals surface area contributed by atoms with Gasteiger partial charge in [0.1, 0.15) is 11.5 Å². The molecule has 16 heavy (non-hydrogen) atoms. The smallest absolute Gasteiger partial charge is 0.222 e. The Bertz CT molecular complexity index is 344. The standard InChI is InChI=1S/C12H19NO3/c1-9(14)4-7-12(15)13(3)8-11-6-5-10(2)16-11/h5-6,9,14H,4,7-8H2,1-3H3. The van der Waals surface area contributed by atoms with Crippen LogP contribution >= 0.6 is 0 Å². The zero-order valence-electron chi connectivity index (χ0n) is 10.1. The highest BCUT2D eigenvalue weighted by Crippen LogP contribution is 2.10. The third kappa shape index (κ3) is 4.06. The van der Waals surface area contributed by atoms with Crippen molar-refractivity contribution in [2.45, 2.75) is 39.3 Å². The summed E-state index contributed by atoms with van der Waals surface area (Å²) in [6, 6.07) is 3.75. The molecule has 0 aliphatic rings. The van der Waals surface area contributed by atoms with E-state index in [2.05, 4.69) is 0 Å². The number of rotatable bonds is 5. The van der Waals surface area contributed by atoms with Crippen LogP contribution in [0.25, 0.3) is 0 Å². The summed E-state index contributed by atoms with van der Waals surface area (Å²) in [5.74, 6) is 1.65. The van der Waals surface area contributed by atoms with Crippen molar-refractivity contribution in [2.75, 3.05) is 7.05 Å². The summed E-state index contributed by atoms with van der Waals surface area (Å²) < 4.78 is 5.39. The minimum atomic E-state index is -0.428. The first-order valence-electron chi connectivity index (χ1n) is 5.46. The van der Waals surface area contributed by atoms with Crippen molar-refractivity contribution in [1.29, 1.82) is 0 Å². The van der Waals surface area contributed by atoms with Gasteiger partial charge in [0.15, 0.2) is 0 Å². The number of hydrogen-bond acceptors (Lipinski definition) is 3. The van der Waals surface area contributed by atoms with Gasteiger partial charge in [-0.1, -0.05) is 0 Å². The topological polar surface area (TPSA) is 53.7 Å². The second kappa shape index (κ2) is 5.70. The molecule has 0 radical (unpaired) electrons. The highest BCUT2D eigenvalue weighted by molar-refractivity contribution is 5.75. The molecule has 1 aromatic heterocycles. The SMILES string of the molecule is Cc1ccc(CN(C)C(=O)CCC(C)O)o1. The van der Waals surface area contributed by atoms with Crippen molar-refractivity contribution in [3.05, 3.63) is 23.7 Å². The van der Waals surface area contributed by atoms with Crippen LogP contribution in [0.1, 0.15) is 31.3 Å². The van der Waals surface area contributed by atoms with E-state index in [1.54, 1.807) is 18.9 Å². The Labute approximate surface area is 95.9 Å². The summed E-state index contributed by atoms with van der Waals surface area (Å²) in [6.45, 7) is 4.04. The van der Waals surface area contributed by atoms with Gasteiger partial charge in [-0.3, -0.25) is 4.79 Å². The van der Waals surface area contributed by atoms with Crippen LogP contribution in [0.3, 0.4) is 0 Å². The van der Waals surface area contributed by atoms with Crippen molar-refractivity contribution < 1.29 is 14.3 Å². The molecule has 1 N–H and O–H groups in total. The number of aryl methyl sites for hydroxylation is 1. The van der Waals surface area contributed by atoms with Gasteiger partial charge in [-0.25, -0.2) is 0 Å². The van der Waals surface area contributed by atoms with E-state index in [0.29, 0.717) is 19.4 Å². The lowest BCUT2D eigenvalue weighted by Crippen LogP contribution is -2.26. The highest BCUT2D eigenvalue weighted by Gasteiger charge is 2.11. The van der Waals surface area contributed by atoms with Crippen molar-refractivity contribution in [3.8, 4) is 0 Å². The molecule has 90 valence electrons. The van der Waals surface area contributed by atoms with Crippen LogP contribution in [0.5, 0.6) is 0 Å². The van der Waals surface area contributed by atoms with Crippen LogP contribution in [0, 0.1) is 6.92 Å². The molecule has 4 heteroatoms. The largest absolute Gasteiger partial charge is 0.464 e. The lowest BCUT2D eigenvalue weighted by atomic mass is 10.2. The van der Waals surface area contributed by atoms with E-state index in [0.717, 1.165) is 11.5 Å². The Morgan fingerprint density at radius 3 is 2.75 bits per heavy atom. The maximum Gasteiger partial charge on any atom is 0.222 e. The Morgan fingerprint density at radius 2 is 2.25 bits per heavy atom. The van der Waals surface area contributed by atoms with Crippen LogP contribution in [-0.4, -0.2) is 29.1 Å². The van der Waals surface area contributed by atoms with Gasteiger partial charge in [-0.05, 0) is 32.4 Å². The van der Waals surface area contributed by atoms with Crippen LogP contribution in [-0.2, 0) is 11.3 Å². The average molecular weight is 225 g/mol. The third-order valence-corrected chi connectivity index (χ3v) is 2.39. The van der Waals surface area contributed by atoms with Gasteiger partial charge in [0.25, 0.3) is 0 Å². The van der Waals surface area contributed by atoms with Gasteiger partial charge in [-0.15, -0.1) is 0 Å². The first-order valence-corrected chi connectivity index (χ1v) is 5.46. The zero-order chi connectivity index (χ0) is 12.1. The predicted octanol–water partition coefficient (Wildman–Crippen LogP) is 1.71. The summed E-state index contributed by atoms with van der Waals surface area (Å²) >= 11 is 0. The molecule has 0 aliphatic carbocycles. The van der Waals surface area contributed by atoms with E-state index in [9.17, 15) is 4.79 Å². The maximum absolute atomic E-state index is 11.6. The van der Waals surface area contributed by atoms with Gasteiger partial charge in [0.05, 0.1) is 12.6 Å². The molecule has 1 unspecified atom stereocenters. The molecule has 0 fully saturated rings. The average Bonchev–Trinajstić information content (AvgIpc) is 2.60. The van der Waals surface area contributed by atoms with Crippen LogP contribution < -0.4 is 0 Å². The molecule has 1 rings (SSSR count). The second-order valence-corrected chi connectivity index (χ2v) is 4.15. The van der Waals surface area contributed by atoms with E-state index < -0.39 is 6.10 Å². The molecule has 1 aromatic rings. The number of carbonyl (C=O) groups is 1. The van der Waals surface area contributed by atoms with Crippen LogP contribution in [0.2, 0.25) is 0 Å². The van der Waals surface area contributed by atoms with Crippen LogP contribution in [0.15, 0.2) is 16.5 Å². The zero-order valence-corrected chi connectivity index (χ0v) is 10.1. The van der Waals surface area contributed by atoms with E-state index in [-0.39, 0.29) is 5.91 Å². The number of aliphatic hydroxyl groups excluding tert-OH is 1. The lowest BCUT2D eigenvalue weighted by molar-refractivity contribution is -0.131. The van der Waals surface area contributed by atoms with E-state index in [1.807, 2.05) is 19.1 Å². The fourth-order valence-electron chi connectivity index (χ4n) is 1.42. The van der Waals surface area contributed by atoms with Crippen molar-refractivity contribution in [2.24, 2.45) is 0 Å². The minimum absolute atomic E-state index is 0.0231. The fourth-order valence-corrected chi connectivity index (χ4v) is 1.42. The molecule has 0 bridgehead atoms. The summed E-state index contributed by atoms with van der Waals surface area (Å²) in [4.78, 5) is 13.2. The molecule has 0 aromatic carbocycles. The Balaban J connectivity index is 2.39. The van der Waals surface area contributed by atoms with Gasteiger partial charge < -0.3 is 14.4 Å². The number of amides is 1. The van der Waals surface area contributed by atoms with Gasteiger partial charge in [0.2, 0.25) is 5.91 Å². The molecule has 1 atom stereocenters. The predicted molar refractivity (Wildman–Crippen MR) is 60.8 cm³/mol. The fraction of sp³-hybridized carbons (Fsp3) is 0.583. The Hall–Kier alpha value is -1.29. The quantitative estimate of drug-likeness (QED) is 0.830. The monoisotopic (exact) mass is 225 g/mol. The molecule has 0 saturated carbocycles. The highest BCUT2D eigenvalue weighted by atomic mass is 16.3. The van der Waals surface area contributed by atoms with E-state index in [1.165, 1.54) is 0 Å². The molecule has 0 aliphatic heterocycles. The minimum Gasteiger partial charge on any atom is -0.464 e. The number of carbonyl (C=O) groups excluding carboxylic acids is 1. The van der Waals surface area contributed by atoms with Gasteiger partial charge in [0, 0.05) is 13.5 Å². The van der Waals surface area contributed by atoms with E-state index in [4.69, 9.17) is 9.52 Å². The number of aliphatic hydroxyl groups is 1. The number of nitrogens with zero attached hydrogens (tertiary/aromatic N) is 1. The van der Waals surface area contributed by atoms with Crippen molar-refractivity contribution in [3.63, 3.8) is 0 Å². The van der Waals surface area contributed by atoms with Crippen molar-refractivity contribution >= 4 is 5.91 Å². The van der Waals surface area contributed by atoms with Gasteiger partial charge >= 0.3 is 0 Å². The summed E-state index contributed by atoms with van der Waals surface area (Å²) in [5.41, 5.74) is 0. The number of furan rings is 1. The van der Waals surface area contributed by atoms with E-state index >= 15 is 0 Å². The Morgan fingerprint density at radius 1 is 1.56 bits per heavy atom. The van der Waals surface area contributed by atoms with Crippen molar-refractivity contribution in [1.82, 2.24) is 4.90 Å². The first-order chi connectivity index (χ1) is 7.49. The molecule has 0 spiro atoms. The third-order valence-electron chi connectivity index (χ3n) is 2.39. The first kappa shape index (κ1) is 12.8. The van der Waals surface area contributed by atoms with Gasteiger partial charge in [-0.2, -0.15) is 0 Å². The van der Waals surface area contributed by atoms with Crippen LogP contribution in [0.4, 0.5) is 0 Å². The molecular formula is C12H19NO3. The summed E-state index contributed by atoms with van der Waals surface area (Å²) in [5, 5.41) is 9.09. The molecule has 1 amide bonds. The number of hydrogen-bond donors (Lipinski definition) is 1. The summed E-state index contributed by atoms with van der Waals surface area (Å²) in [6.07, 6.45) is 0.442. The maximum atomic E-state index is 11.6. The normalized spacial score (nSPS) is 12.5. The molecule has 1 heterocycles. The Kier molecular flexibility index (Phi) is 4.55. The summed E-state index contributed by atoms with van der Waals surface area (Å²) in [7, 11) is 1.74. The molecule has 0 saturated heterocycles. The molecular weight excluding hydrogens is 206 g/mol. The second-order valence-electron chi connectivity index (χ2n) is 4.15. The molecule has 4 nitrogen and oxygen atoms in total. The lowest BCUT2D eigenvalue weighted by Gasteiger charge is -2.16.